The predicted molar refractivity (Wildman–Crippen MR) is 126 cm³/mol. The van der Waals surface area contributed by atoms with E-state index in [9.17, 15) is 12.8 Å². The molecule has 0 radical (unpaired) electrons. The lowest BCUT2D eigenvalue weighted by molar-refractivity contribution is 0.602. The molecule has 0 fully saturated rings. The van der Waals surface area contributed by atoms with Crippen molar-refractivity contribution in [2.75, 3.05) is 11.6 Å². The molecule has 158 valence electrons. The maximum absolute atomic E-state index is 13.4. The summed E-state index contributed by atoms with van der Waals surface area (Å²) >= 11 is 13.5. The number of thiazole rings is 1. The number of nitrogens with zero attached hydrogens (tertiary/aromatic N) is 1. The summed E-state index contributed by atoms with van der Waals surface area (Å²) in [6, 6.07) is 17.7. The number of benzene rings is 3. The molecule has 4 rings (SSSR count). The first-order chi connectivity index (χ1) is 14.7. The third-order valence-electron chi connectivity index (χ3n) is 4.40. The van der Waals surface area contributed by atoms with Crippen LogP contribution >= 0.6 is 34.5 Å². The summed E-state index contributed by atoms with van der Waals surface area (Å²) in [4.78, 5) is 5.73. The fourth-order valence-electron chi connectivity index (χ4n) is 2.98. The Morgan fingerprint density at radius 2 is 1.48 bits per heavy atom. The largest absolute Gasteiger partial charge is 0.331 e. The van der Waals surface area contributed by atoms with Crippen molar-refractivity contribution in [3.8, 4) is 21.7 Å². The molecule has 0 saturated carbocycles. The van der Waals surface area contributed by atoms with Crippen molar-refractivity contribution in [2.24, 2.45) is 0 Å². The van der Waals surface area contributed by atoms with E-state index >= 15 is 0 Å². The minimum atomic E-state index is -3.30. The third-order valence-corrected chi connectivity index (χ3v) is 6.99. The predicted octanol–water partition coefficient (Wildman–Crippen LogP) is 7.07. The van der Waals surface area contributed by atoms with E-state index in [1.54, 1.807) is 54.6 Å². The van der Waals surface area contributed by atoms with Crippen LogP contribution in [-0.4, -0.2) is 19.7 Å². The molecule has 0 unspecified atom stereocenters. The van der Waals surface area contributed by atoms with E-state index in [1.807, 2.05) is 0 Å². The minimum absolute atomic E-state index is 0.232. The van der Waals surface area contributed by atoms with E-state index in [1.165, 1.54) is 23.5 Å². The Balaban J connectivity index is 1.79. The maximum atomic E-state index is 13.4. The normalized spacial score (nSPS) is 11.5. The lowest BCUT2D eigenvalue weighted by Gasteiger charge is -2.04. The van der Waals surface area contributed by atoms with Gasteiger partial charge in [0.25, 0.3) is 0 Å². The van der Waals surface area contributed by atoms with E-state index < -0.39 is 9.84 Å². The van der Waals surface area contributed by atoms with E-state index in [-0.39, 0.29) is 10.7 Å². The van der Waals surface area contributed by atoms with Crippen LogP contribution in [0.4, 0.5) is 15.2 Å². The van der Waals surface area contributed by atoms with Crippen molar-refractivity contribution in [3.05, 3.63) is 82.6 Å². The molecule has 4 aromatic rings. The van der Waals surface area contributed by atoms with Crippen LogP contribution < -0.4 is 5.32 Å². The van der Waals surface area contributed by atoms with Crippen LogP contribution in [0.2, 0.25) is 10.0 Å². The second-order valence-electron chi connectivity index (χ2n) is 6.78. The number of rotatable bonds is 5. The zero-order chi connectivity index (χ0) is 22.2. The van der Waals surface area contributed by atoms with Gasteiger partial charge in [-0.1, -0.05) is 46.7 Å². The first-order valence-corrected chi connectivity index (χ1v) is 12.5. The number of halogens is 3. The SMILES string of the molecule is CS(=O)(=O)c1ccc(-c2sc(Nc3cc(Cl)cc(Cl)c3)nc2-c2ccc(F)cc2)cc1. The molecule has 0 aliphatic carbocycles. The van der Waals surface area contributed by atoms with Gasteiger partial charge in [0.05, 0.1) is 15.5 Å². The van der Waals surface area contributed by atoms with Crippen LogP contribution in [0.15, 0.2) is 71.6 Å². The Labute approximate surface area is 193 Å². The summed E-state index contributed by atoms with van der Waals surface area (Å²) in [5, 5.41) is 4.76. The molecule has 9 heteroatoms. The average Bonchev–Trinajstić information content (AvgIpc) is 3.11. The molecule has 31 heavy (non-hydrogen) atoms. The highest BCUT2D eigenvalue weighted by Crippen LogP contribution is 2.40. The Morgan fingerprint density at radius 1 is 0.903 bits per heavy atom. The first kappa shape index (κ1) is 21.8. The molecule has 0 aliphatic heterocycles. The molecule has 0 atom stereocenters. The van der Waals surface area contributed by atoms with Crippen molar-refractivity contribution >= 4 is 55.2 Å². The van der Waals surface area contributed by atoms with Crippen LogP contribution in [-0.2, 0) is 9.84 Å². The van der Waals surface area contributed by atoms with Gasteiger partial charge in [-0.05, 0) is 60.2 Å². The summed E-state index contributed by atoms with van der Waals surface area (Å²) in [5.41, 5.74) is 2.85. The maximum Gasteiger partial charge on any atom is 0.188 e. The monoisotopic (exact) mass is 492 g/mol. The fraction of sp³-hybridized carbons (Fsp3) is 0.0455. The molecule has 0 bridgehead atoms. The Kier molecular flexibility index (Phi) is 6.03. The van der Waals surface area contributed by atoms with Gasteiger partial charge in [-0.3, -0.25) is 0 Å². The van der Waals surface area contributed by atoms with Crippen molar-refractivity contribution < 1.29 is 12.8 Å². The standard InChI is InChI=1S/C22H15Cl2FN2O2S2/c1-31(28,29)19-8-4-14(5-9-19)21-20(13-2-6-17(25)7-3-13)27-22(30-21)26-18-11-15(23)10-16(24)12-18/h2-12H,1H3,(H,26,27). The number of sulfone groups is 1. The number of nitrogens with one attached hydrogen (secondary N) is 1. The molecular weight excluding hydrogens is 478 g/mol. The molecule has 1 N–H and O–H groups in total. The Bertz CT molecular complexity index is 1330. The molecule has 0 spiro atoms. The van der Waals surface area contributed by atoms with Crippen LogP contribution in [0, 0.1) is 5.82 Å². The summed E-state index contributed by atoms with van der Waals surface area (Å²) in [6.45, 7) is 0. The van der Waals surface area contributed by atoms with Gasteiger partial charge in [0.15, 0.2) is 15.0 Å². The van der Waals surface area contributed by atoms with Crippen LogP contribution in [0.25, 0.3) is 21.7 Å². The second-order valence-corrected chi connectivity index (χ2v) is 10.7. The van der Waals surface area contributed by atoms with Gasteiger partial charge in [-0.2, -0.15) is 0 Å². The second kappa shape index (κ2) is 8.59. The molecule has 0 saturated heterocycles. The highest BCUT2D eigenvalue weighted by molar-refractivity contribution is 7.90. The Hall–Kier alpha value is -2.45. The third kappa shape index (κ3) is 5.07. The highest BCUT2D eigenvalue weighted by atomic mass is 35.5. The van der Waals surface area contributed by atoms with E-state index in [2.05, 4.69) is 5.32 Å². The van der Waals surface area contributed by atoms with E-state index in [0.29, 0.717) is 26.6 Å². The van der Waals surface area contributed by atoms with Gasteiger partial charge < -0.3 is 5.32 Å². The Morgan fingerprint density at radius 3 is 2.06 bits per heavy atom. The van der Waals surface area contributed by atoms with Crippen LogP contribution in [0.5, 0.6) is 0 Å². The number of hydrogen-bond donors (Lipinski definition) is 1. The van der Waals surface area contributed by atoms with Gasteiger partial charge in [-0.15, -0.1) is 0 Å². The van der Waals surface area contributed by atoms with Gasteiger partial charge in [0, 0.05) is 27.6 Å². The number of hydrogen-bond acceptors (Lipinski definition) is 5. The molecule has 3 aromatic carbocycles. The molecule has 0 amide bonds. The highest BCUT2D eigenvalue weighted by Gasteiger charge is 2.17. The topological polar surface area (TPSA) is 59.1 Å². The number of anilines is 2. The molecule has 1 aromatic heterocycles. The number of aromatic nitrogens is 1. The molecular formula is C22H15Cl2FN2O2S2. The minimum Gasteiger partial charge on any atom is -0.331 e. The average molecular weight is 493 g/mol. The smallest absolute Gasteiger partial charge is 0.188 e. The van der Waals surface area contributed by atoms with E-state index in [4.69, 9.17) is 28.2 Å². The summed E-state index contributed by atoms with van der Waals surface area (Å²) in [6.07, 6.45) is 1.16. The lowest BCUT2D eigenvalue weighted by Crippen LogP contribution is -1.96. The van der Waals surface area contributed by atoms with Crippen molar-refractivity contribution in [2.45, 2.75) is 4.90 Å². The van der Waals surface area contributed by atoms with Gasteiger partial charge in [-0.25, -0.2) is 17.8 Å². The van der Waals surface area contributed by atoms with Crippen LogP contribution in [0.1, 0.15) is 0 Å². The fourth-order valence-corrected chi connectivity index (χ4v) is 5.15. The first-order valence-electron chi connectivity index (χ1n) is 8.99. The molecule has 0 aliphatic rings. The van der Waals surface area contributed by atoms with Gasteiger partial charge in [0.2, 0.25) is 0 Å². The van der Waals surface area contributed by atoms with Crippen LogP contribution in [0.3, 0.4) is 0 Å². The summed E-state index contributed by atoms with van der Waals surface area (Å²) in [7, 11) is -3.30. The lowest BCUT2D eigenvalue weighted by atomic mass is 10.1. The summed E-state index contributed by atoms with van der Waals surface area (Å²) in [5.74, 6) is -0.343. The van der Waals surface area contributed by atoms with Gasteiger partial charge >= 0.3 is 0 Å². The molecule has 1 heterocycles. The quantitative estimate of drug-likeness (QED) is 0.323. The zero-order valence-corrected chi connectivity index (χ0v) is 19.2. The van der Waals surface area contributed by atoms with Gasteiger partial charge in [0.1, 0.15) is 5.82 Å². The summed E-state index contributed by atoms with van der Waals surface area (Å²) < 4.78 is 37.0. The van der Waals surface area contributed by atoms with Crippen molar-refractivity contribution in [1.82, 2.24) is 4.98 Å². The van der Waals surface area contributed by atoms with Crippen molar-refractivity contribution in [1.29, 1.82) is 0 Å². The zero-order valence-electron chi connectivity index (χ0n) is 16.1. The van der Waals surface area contributed by atoms with E-state index in [0.717, 1.165) is 22.3 Å². The van der Waals surface area contributed by atoms with Crippen molar-refractivity contribution in [3.63, 3.8) is 0 Å². The molecule has 4 nitrogen and oxygen atoms in total.